The number of para-hydroxylation sites is 1. The number of likely N-dealkylation sites (N-methyl/N-ethyl adjacent to an activating group) is 1. The molecule has 0 spiro atoms. The van der Waals surface area contributed by atoms with E-state index in [4.69, 9.17) is 9.47 Å². The van der Waals surface area contributed by atoms with Crippen LogP contribution in [0.3, 0.4) is 0 Å². The molecule has 1 amide bonds. The zero-order valence-electron chi connectivity index (χ0n) is 15.6. The fraction of sp³-hybridized carbons (Fsp3) is 0.529. The molecule has 142 valence electrons. The van der Waals surface area contributed by atoms with Crippen molar-refractivity contribution in [2.24, 2.45) is 4.99 Å². The number of amides is 1. The highest BCUT2D eigenvalue weighted by Crippen LogP contribution is 2.18. The zero-order chi connectivity index (χ0) is 17.9. The second-order valence-corrected chi connectivity index (χ2v) is 5.52. The van der Waals surface area contributed by atoms with Crippen LogP contribution in [-0.4, -0.2) is 76.7 Å². The first-order valence-corrected chi connectivity index (χ1v) is 7.80. The molecule has 1 aromatic rings. The summed E-state index contributed by atoms with van der Waals surface area (Å²) in [5, 5.41) is 3.21. The molecule has 1 aromatic carbocycles. The molecule has 0 fully saturated rings. The second kappa shape index (κ2) is 12.8. The van der Waals surface area contributed by atoms with Gasteiger partial charge in [0.2, 0.25) is 5.91 Å². The van der Waals surface area contributed by atoms with Crippen LogP contribution >= 0.6 is 24.0 Å². The number of nitrogens with zero attached hydrogens (tertiary/aromatic N) is 3. The van der Waals surface area contributed by atoms with Gasteiger partial charge in [0.1, 0.15) is 12.3 Å². The maximum absolute atomic E-state index is 11.8. The van der Waals surface area contributed by atoms with E-state index < -0.39 is 0 Å². The number of carbonyl (C=O) groups is 1. The fourth-order valence-corrected chi connectivity index (χ4v) is 2.02. The number of aliphatic imine (C=N–C) groups is 1. The van der Waals surface area contributed by atoms with E-state index in [1.54, 1.807) is 28.3 Å². The number of ether oxygens (including phenoxy) is 2. The quantitative estimate of drug-likeness (QED) is 0.273. The van der Waals surface area contributed by atoms with Crippen LogP contribution in [0.15, 0.2) is 29.3 Å². The van der Waals surface area contributed by atoms with E-state index in [9.17, 15) is 4.79 Å². The third-order valence-electron chi connectivity index (χ3n) is 3.41. The van der Waals surface area contributed by atoms with Crippen molar-refractivity contribution in [1.82, 2.24) is 15.1 Å². The molecule has 1 rings (SSSR count). The maximum Gasteiger partial charge on any atom is 0.243 e. The van der Waals surface area contributed by atoms with E-state index in [0.717, 1.165) is 11.3 Å². The minimum absolute atomic E-state index is 0. The van der Waals surface area contributed by atoms with E-state index in [1.807, 2.05) is 36.2 Å². The van der Waals surface area contributed by atoms with Gasteiger partial charge in [-0.1, -0.05) is 18.2 Å². The van der Waals surface area contributed by atoms with Crippen molar-refractivity contribution < 1.29 is 14.3 Å². The molecule has 0 aliphatic carbocycles. The predicted molar refractivity (Wildman–Crippen MR) is 111 cm³/mol. The Bertz CT molecular complexity index is 552. The molecule has 0 unspecified atom stereocenters. The second-order valence-electron chi connectivity index (χ2n) is 5.52. The summed E-state index contributed by atoms with van der Waals surface area (Å²) in [6.07, 6.45) is 0. The molecule has 7 nitrogen and oxygen atoms in total. The molecule has 0 atom stereocenters. The first-order chi connectivity index (χ1) is 11.5. The van der Waals surface area contributed by atoms with Crippen molar-refractivity contribution in [2.45, 2.75) is 6.54 Å². The number of hydrogen-bond donors (Lipinski definition) is 1. The van der Waals surface area contributed by atoms with Gasteiger partial charge in [0.15, 0.2) is 5.96 Å². The largest absolute Gasteiger partial charge is 0.496 e. The molecule has 0 heterocycles. The molecule has 25 heavy (non-hydrogen) atoms. The number of methoxy groups -OCH3 is 2. The van der Waals surface area contributed by atoms with Crippen molar-refractivity contribution in [1.29, 1.82) is 0 Å². The highest BCUT2D eigenvalue weighted by atomic mass is 127. The van der Waals surface area contributed by atoms with Gasteiger partial charge in [0.05, 0.1) is 13.7 Å². The smallest absolute Gasteiger partial charge is 0.243 e. The monoisotopic (exact) mass is 464 g/mol. The van der Waals surface area contributed by atoms with Crippen molar-refractivity contribution in [2.75, 3.05) is 55.1 Å². The highest BCUT2D eigenvalue weighted by Gasteiger charge is 2.11. The molecule has 0 aliphatic rings. The molecular weight excluding hydrogens is 435 g/mol. The Balaban J connectivity index is 0.00000576. The normalized spacial score (nSPS) is 10.7. The van der Waals surface area contributed by atoms with Gasteiger partial charge in [-0.3, -0.25) is 4.79 Å². The van der Waals surface area contributed by atoms with Gasteiger partial charge in [-0.05, 0) is 6.07 Å². The SMILES string of the molecule is COCCNC(=NCC(=O)N(C)C)N(C)Cc1ccccc1OC.I. The summed E-state index contributed by atoms with van der Waals surface area (Å²) >= 11 is 0. The Morgan fingerprint density at radius 1 is 1.20 bits per heavy atom. The Hall–Kier alpha value is -1.55. The van der Waals surface area contributed by atoms with Crippen LogP contribution < -0.4 is 10.1 Å². The molecule has 0 bridgehead atoms. The first-order valence-electron chi connectivity index (χ1n) is 7.80. The van der Waals surface area contributed by atoms with E-state index in [2.05, 4.69) is 10.3 Å². The van der Waals surface area contributed by atoms with E-state index >= 15 is 0 Å². The van der Waals surface area contributed by atoms with Crippen molar-refractivity contribution in [3.05, 3.63) is 29.8 Å². The van der Waals surface area contributed by atoms with Crippen LogP contribution in [0, 0.1) is 0 Å². The van der Waals surface area contributed by atoms with E-state index in [0.29, 0.717) is 25.7 Å². The number of nitrogens with one attached hydrogen (secondary N) is 1. The van der Waals surface area contributed by atoms with Crippen LogP contribution in [-0.2, 0) is 16.1 Å². The summed E-state index contributed by atoms with van der Waals surface area (Å²) < 4.78 is 10.4. The third kappa shape index (κ3) is 8.39. The number of carbonyl (C=O) groups excluding carboxylic acids is 1. The molecule has 0 aromatic heterocycles. The van der Waals surface area contributed by atoms with Gasteiger partial charge in [-0.25, -0.2) is 4.99 Å². The van der Waals surface area contributed by atoms with Crippen LogP contribution in [0.1, 0.15) is 5.56 Å². The Morgan fingerprint density at radius 2 is 1.88 bits per heavy atom. The molecule has 1 N–H and O–H groups in total. The van der Waals surface area contributed by atoms with Gasteiger partial charge in [0, 0.05) is 46.9 Å². The van der Waals surface area contributed by atoms with E-state index in [-0.39, 0.29) is 36.4 Å². The minimum Gasteiger partial charge on any atom is -0.496 e. The van der Waals surface area contributed by atoms with Crippen LogP contribution in [0.4, 0.5) is 0 Å². The number of halogens is 1. The first kappa shape index (κ1) is 23.4. The lowest BCUT2D eigenvalue weighted by Gasteiger charge is -2.23. The molecule has 8 heteroatoms. The van der Waals surface area contributed by atoms with Gasteiger partial charge in [-0.2, -0.15) is 0 Å². The van der Waals surface area contributed by atoms with Crippen molar-refractivity contribution in [3.63, 3.8) is 0 Å². The minimum atomic E-state index is -0.0493. The lowest BCUT2D eigenvalue weighted by atomic mass is 10.2. The molecule has 0 aliphatic heterocycles. The topological polar surface area (TPSA) is 66.4 Å². The highest BCUT2D eigenvalue weighted by molar-refractivity contribution is 14.0. The lowest BCUT2D eigenvalue weighted by molar-refractivity contribution is -0.127. The Kier molecular flexibility index (Phi) is 12.0. The molecule has 0 saturated carbocycles. The predicted octanol–water partition coefficient (Wildman–Crippen LogP) is 1.43. The third-order valence-corrected chi connectivity index (χ3v) is 3.41. The number of hydrogen-bond acceptors (Lipinski definition) is 4. The Morgan fingerprint density at radius 3 is 2.48 bits per heavy atom. The summed E-state index contributed by atoms with van der Waals surface area (Å²) in [4.78, 5) is 19.7. The average molecular weight is 464 g/mol. The lowest BCUT2D eigenvalue weighted by Crippen LogP contribution is -2.41. The summed E-state index contributed by atoms with van der Waals surface area (Å²) in [5.41, 5.74) is 1.04. The Labute approximate surface area is 167 Å². The maximum atomic E-state index is 11.8. The van der Waals surface area contributed by atoms with E-state index in [1.165, 1.54) is 4.90 Å². The van der Waals surface area contributed by atoms with Gasteiger partial charge in [0.25, 0.3) is 0 Å². The zero-order valence-corrected chi connectivity index (χ0v) is 17.9. The number of guanidine groups is 1. The van der Waals surface area contributed by atoms with Crippen molar-refractivity contribution in [3.8, 4) is 5.75 Å². The van der Waals surface area contributed by atoms with Crippen LogP contribution in [0.5, 0.6) is 5.75 Å². The average Bonchev–Trinajstić information content (AvgIpc) is 2.57. The van der Waals surface area contributed by atoms with Gasteiger partial charge < -0.3 is 24.6 Å². The summed E-state index contributed by atoms with van der Waals surface area (Å²) in [6, 6.07) is 7.83. The van der Waals surface area contributed by atoms with Gasteiger partial charge >= 0.3 is 0 Å². The molecular formula is C17H29IN4O3. The summed E-state index contributed by atoms with van der Waals surface area (Å²) in [6.45, 7) is 1.88. The molecule has 0 saturated heterocycles. The summed E-state index contributed by atoms with van der Waals surface area (Å²) in [7, 11) is 8.65. The van der Waals surface area contributed by atoms with Crippen LogP contribution in [0.2, 0.25) is 0 Å². The fourth-order valence-electron chi connectivity index (χ4n) is 2.02. The number of rotatable bonds is 8. The standard InChI is InChI=1S/C17H28N4O3.HI/c1-20(2)16(22)12-19-17(18-10-11-23-4)21(3)13-14-8-6-7-9-15(14)24-5;/h6-9H,10-13H2,1-5H3,(H,18,19);1H. The van der Waals surface area contributed by atoms with Crippen molar-refractivity contribution >= 4 is 35.8 Å². The van der Waals surface area contributed by atoms with Crippen LogP contribution in [0.25, 0.3) is 0 Å². The molecule has 0 radical (unpaired) electrons. The summed E-state index contributed by atoms with van der Waals surface area (Å²) in [5.74, 6) is 1.42. The van der Waals surface area contributed by atoms with Gasteiger partial charge in [-0.15, -0.1) is 24.0 Å². The number of benzene rings is 1.